The third-order valence-electron chi connectivity index (χ3n) is 3.76. The Bertz CT molecular complexity index is 704. The van der Waals surface area contributed by atoms with E-state index in [0.29, 0.717) is 38.9 Å². The summed E-state index contributed by atoms with van der Waals surface area (Å²) in [6.45, 7) is 6.17. The van der Waals surface area contributed by atoms with Gasteiger partial charge in [0.15, 0.2) is 5.96 Å². The highest BCUT2D eigenvalue weighted by atomic mass is 127. The largest absolute Gasteiger partial charge is 0.383 e. The molecule has 0 heterocycles. The Morgan fingerprint density at radius 3 is 2.50 bits per heavy atom. The van der Waals surface area contributed by atoms with Crippen molar-refractivity contribution in [3.8, 4) is 0 Å². The van der Waals surface area contributed by atoms with Crippen molar-refractivity contribution in [3.63, 3.8) is 0 Å². The van der Waals surface area contributed by atoms with Crippen molar-refractivity contribution < 1.29 is 22.6 Å². The quantitative estimate of drug-likeness (QED) is 0.129. The number of nitrogens with zero attached hydrogens (tertiary/aromatic N) is 1. The van der Waals surface area contributed by atoms with Crippen LogP contribution in [0.15, 0.2) is 34.2 Å². The summed E-state index contributed by atoms with van der Waals surface area (Å²) in [6, 6.07) is 6.76. The lowest BCUT2D eigenvalue weighted by atomic mass is 10.2. The van der Waals surface area contributed by atoms with E-state index in [9.17, 15) is 8.42 Å². The molecule has 1 aromatic carbocycles. The summed E-state index contributed by atoms with van der Waals surface area (Å²) in [4.78, 5) is 4.74. The Hall–Kier alpha value is -0.990. The Morgan fingerprint density at radius 2 is 1.80 bits per heavy atom. The van der Waals surface area contributed by atoms with Crippen LogP contribution in [0.25, 0.3) is 0 Å². The molecule has 0 saturated heterocycles. The summed E-state index contributed by atoms with van der Waals surface area (Å²) < 4.78 is 42.4. The Labute approximate surface area is 197 Å². The first-order valence-electron chi connectivity index (χ1n) is 9.70. The molecule has 9 nitrogen and oxygen atoms in total. The van der Waals surface area contributed by atoms with Crippen LogP contribution >= 0.6 is 24.0 Å². The van der Waals surface area contributed by atoms with Crippen molar-refractivity contribution in [1.82, 2.24) is 15.4 Å². The molecular weight excluding hydrogens is 523 g/mol. The number of ether oxygens (including phenoxy) is 3. The Balaban J connectivity index is 0.00000841. The molecule has 0 saturated carbocycles. The van der Waals surface area contributed by atoms with E-state index in [2.05, 4.69) is 20.3 Å². The highest BCUT2D eigenvalue weighted by Gasteiger charge is 2.13. The molecule has 0 aliphatic carbocycles. The average molecular weight is 558 g/mol. The minimum atomic E-state index is -3.56. The molecule has 0 aromatic heterocycles. The van der Waals surface area contributed by atoms with Crippen molar-refractivity contribution in [1.29, 1.82) is 0 Å². The summed E-state index contributed by atoms with van der Waals surface area (Å²) in [6.07, 6.45) is 0.842. The highest BCUT2D eigenvalue weighted by molar-refractivity contribution is 14.0. The smallest absolute Gasteiger partial charge is 0.240 e. The van der Waals surface area contributed by atoms with Gasteiger partial charge in [0.2, 0.25) is 10.0 Å². The van der Waals surface area contributed by atoms with E-state index in [1.54, 1.807) is 25.3 Å². The lowest BCUT2D eigenvalue weighted by Crippen LogP contribution is -2.38. The number of hydrogen-bond acceptors (Lipinski definition) is 6. The van der Waals surface area contributed by atoms with Gasteiger partial charge in [0.1, 0.15) is 0 Å². The van der Waals surface area contributed by atoms with E-state index in [1.165, 1.54) is 7.11 Å². The summed E-state index contributed by atoms with van der Waals surface area (Å²) >= 11 is 0. The van der Waals surface area contributed by atoms with Gasteiger partial charge in [-0.25, -0.2) is 18.1 Å². The number of aliphatic imine (C=N–C) groups is 1. The van der Waals surface area contributed by atoms with Crippen molar-refractivity contribution >= 4 is 40.0 Å². The molecule has 0 spiro atoms. The van der Waals surface area contributed by atoms with E-state index in [-0.39, 0.29) is 35.4 Å². The molecule has 1 aromatic rings. The summed E-state index contributed by atoms with van der Waals surface area (Å²) in [5, 5.41) is 6.42. The molecule has 0 unspecified atom stereocenters. The van der Waals surface area contributed by atoms with Crippen molar-refractivity contribution in [2.45, 2.75) is 24.8 Å². The van der Waals surface area contributed by atoms with Crippen LogP contribution in [-0.2, 0) is 30.8 Å². The van der Waals surface area contributed by atoms with Gasteiger partial charge in [-0.15, -0.1) is 24.0 Å². The predicted molar refractivity (Wildman–Crippen MR) is 129 cm³/mol. The van der Waals surface area contributed by atoms with Gasteiger partial charge in [0.25, 0.3) is 0 Å². The second-order valence-corrected chi connectivity index (χ2v) is 7.89. The molecule has 30 heavy (non-hydrogen) atoms. The highest BCUT2D eigenvalue weighted by Crippen LogP contribution is 2.12. The van der Waals surface area contributed by atoms with Gasteiger partial charge in [-0.2, -0.15) is 0 Å². The second kappa shape index (κ2) is 17.7. The summed E-state index contributed by atoms with van der Waals surface area (Å²) in [7, 11) is -0.393. The second-order valence-electron chi connectivity index (χ2n) is 6.12. The molecule has 0 fully saturated rings. The van der Waals surface area contributed by atoms with E-state index in [0.717, 1.165) is 25.1 Å². The number of guanidine groups is 1. The van der Waals surface area contributed by atoms with Gasteiger partial charge in [0, 0.05) is 40.5 Å². The Kier molecular flexibility index (Phi) is 17.1. The zero-order valence-electron chi connectivity index (χ0n) is 18.0. The molecule has 0 aliphatic heterocycles. The van der Waals surface area contributed by atoms with Crippen LogP contribution in [0.5, 0.6) is 0 Å². The van der Waals surface area contributed by atoms with E-state index in [1.807, 2.05) is 13.0 Å². The third-order valence-corrected chi connectivity index (χ3v) is 5.22. The zero-order valence-corrected chi connectivity index (χ0v) is 21.1. The van der Waals surface area contributed by atoms with Crippen LogP contribution in [0.4, 0.5) is 0 Å². The van der Waals surface area contributed by atoms with Gasteiger partial charge < -0.3 is 24.8 Å². The number of methoxy groups -OCH3 is 2. The molecule has 0 aliphatic rings. The van der Waals surface area contributed by atoms with Crippen LogP contribution in [0.3, 0.4) is 0 Å². The fraction of sp³-hybridized carbons (Fsp3) is 0.632. The van der Waals surface area contributed by atoms with Gasteiger partial charge in [-0.1, -0.05) is 12.1 Å². The van der Waals surface area contributed by atoms with E-state index < -0.39 is 10.0 Å². The monoisotopic (exact) mass is 558 g/mol. The maximum absolute atomic E-state index is 12.3. The zero-order chi connectivity index (χ0) is 21.4. The molecule has 0 radical (unpaired) electrons. The first kappa shape index (κ1) is 29.0. The van der Waals surface area contributed by atoms with Crippen molar-refractivity contribution in [2.24, 2.45) is 4.99 Å². The van der Waals surface area contributed by atoms with Crippen LogP contribution in [-0.4, -0.2) is 74.7 Å². The standard InChI is InChI=1S/C19H34N4O5S.HI/c1-4-20-19(21-9-6-11-28-14-13-27-3)22-16-17-7-5-8-18(15-17)29(24,25)23-10-12-26-2;/h5,7-8,15,23H,4,6,9-14,16H2,1-3H3,(H2,20,21,22);1H. The molecule has 174 valence electrons. The SMILES string of the molecule is CCNC(=NCc1cccc(S(=O)(=O)NCCOC)c1)NCCCOCCOC.I. The number of sulfonamides is 1. The first-order chi connectivity index (χ1) is 14.0. The first-order valence-corrected chi connectivity index (χ1v) is 11.2. The molecule has 1 rings (SSSR count). The number of hydrogen-bond donors (Lipinski definition) is 3. The minimum absolute atomic E-state index is 0. The number of nitrogens with one attached hydrogen (secondary N) is 3. The van der Waals surface area contributed by atoms with E-state index in [4.69, 9.17) is 14.2 Å². The molecular formula is C19H35IN4O5S. The number of halogens is 1. The Morgan fingerprint density at radius 1 is 1.03 bits per heavy atom. The van der Waals surface area contributed by atoms with Gasteiger partial charge in [0.05, 0.1) is 31.3 Å². The molecule has 11 heteroatoms. The van der Waals surface area contributed by atoms with Crippen molar-refractivity contribution in [2.75, 3.05) is 60.3 Å². The third kappa shape index (κ3) is 12.6. The fourth-order valence-electron chi connectivity index (χ4n) is 2.31. The summed E-state index contributed by atoms with van der Waals surface area (Å²) in [5.41, 5.74) is 0.805. The fourth-order valence-corrected chi connectivity index (χ4v) is 3.39. The number of rotatable bonds is 15. The molecule has 0 amide bonds. The summed E-state index contributed by atoms with van der Waals surface area (Å²) in [5.74, 6) is 0.677. The maximum atomic E-state index is 12.3. The molecule has 3 N–H and O–H groups in total. The average Bonchev–Trinajstić information content (AvgIpc) is 2.71. The van der Waals surface area contributed by atoms with Crippen LogP contribution in [0.2, 0.25) is 0 Å². The lowest BCUT2D eigenvalue weighted by Gasteiger charge is -2.12. The minimum Gasteiger partial charge on any atom is -0.383 e. The van der Waals surface area contributed by atoms with Crippen LogP contribution in [0, 0.1) is 0 Å². The van der Waals surface area contributed by atoms with Crippen LogP contribution in [0.1, 0.15) is 18.9 Å². The lowest BCUT2D eigenvalue weighted by molar-refractivity contribution is 0.0698. The maximum Gasteiger partial charge on any atom is 0.240 e. The van der Waals surface area contributed by atoms with Gasteiger partial charge in [-0.3, -0.25) is 0 Å². The van der Waals surface area contributed by atoms with Gasteiger partial charge >= 0.3 is 0 Å². The predicted octanol–water partition coefficient (Wildman–Crippen LogP) is 1.34. The normalized spacial score (nSPS) is 11.8. The van der Waals surface area contributed by atoms with E-state index >= 15 is 0 Å². The van der Waals surface area contributed by atoms with Gasteiger partial charge in [-0.05, 0) is 31.0 Å². The number of benzene rings is 1. The van der Waals surface area contributed by atoms with Crippen molar-refractivity contribution in [3.05, 3.63) is 29.8 Å². The molecule has 0 bridgehead atoms. The topological polar surface area (TPSA) is 110 Å². The van der Waals surface area contributed by atoms with Crippen LogP contribution < -0.4 is 15.4 Å². The molecule has 0 atom stereocenters.